The van der Waals surface area contributed by atoms with Crippen molar-refractivity contribution in [2.75, 3.05) is 0 Å². The van der Waals surface area contributed by atoms with Crippen LogP contribution in [0.25, 0.3) is 0 Å². The van der Waals surface area contributed by atoms with Gasteiger partial charge in [-0.25, -0.2) is 0 Å². The zero-order valence-electron chi connectivity index (χ0n) is 13.9. The van der Waals surface area contributed by atoms with Gasteiger partial charge in [0.15, 0.2) is 0 Å². The Morgan fingerprint density at radius 1 is 1.33 bits per heavy atom. The SMILES string of the molecule is [2H]C([2H])([2H])c1ncc(B2OC(C)(C)C(C)(C)O2)cc1C#N. The summed E-state index contributed by atoms with van der Waals surface area (Å²) in [5.74, 6) is 0. The van der Waals surface area contributed by atoms with Crippen molar-refractivity contribution in [3.8, 4) is 6.07 Å². The van der Waals surface area contributed by atoms with E-state index in [-0.39, 0.29) is 11.3 Å². The maximum absolute atomic E-state index is 9.13. The fraction of sp³-hybridized carbons (Fsp3) is 0.538. The summed E-state index contributed by atoms with van der Waals surface area (Å²) in [5.41, 5.74) is -0.661. The molecule has 0 unspecified atom stereocenters. The lowest BCUT2D eigenvalue weighted by molar-refractivity contribution is 0.00578. The van der Waals surface area contributed by atoms with E-state index in [4.69, 9.17) is 18.7 Å². The van der Waals surface area contributed by atoms with Crippen LogP contribution in [0.15, 0.2) is 12.3 Å². The Bertz CT molecular complexity index is 592. The summed E-state index contributed by atoms with van der Waals surface area (Å²) in [4.78, 5) is 3.92. The third-order valence-corrected chi connectivity index (χ3v) is 3.55. The Hall–Kier alpha value is -1.38. The van der Waals surface area contributed by atoms with Crippen LogP contribution in [-0.4, -0.2) is 23.3 Å². The van der Waals surface area contributed by atoms with Gasteiger partial charge in [0, 0.05) is 15.8 Å². The van der Waals surface area contributed by atoms with Crippen LogP contribution in [0.1, 0.15) is 43.1 Å². The van der Waals surface area contributed by atoms with Crippen molar-refractivity contribution in [2.24, 2.45) is 0 Å². The van der Waals surface area contributed by atoms with Crippen LogP contribution in [0.5, 0.6) is 0 Å². The first kappa shape index (κ1) is 9.54. The average molecular weight is 247 g/mol. The molecule has 1 aromatic rings. The minimum Gasteiger partial charge on any atom is -0.399 e. The summed E-state index contributed by atoms with van der Waals surface area (Å²) in [6, 6.07) is 3.34. The molecule has 0 radical (unpaired) electrons. The number of hydrogen-bond acceptors (Lipinski definition) is 4. The van der Waals surface area contributed by atoms with Crippen molar-refractivity contribution in [1.29, 1.82) is 5.26 Å². The molecular formula is C13H17BN2O2. The van der Waals surface area contributed by atoms with E-state index in [9.17, 15) is 0 Å². The van der Waals surface area contributed by atoms with Crippen molar-refractivity contribution in [3.05, 3.63) is 23.5 Å². The number of aryl methyl sites for hydroxylation is 1. The predicted octanol–water partition coefficient (Wildman–Crippen LogP) is 1.56. The van der Waals surface area contributed by atoms with Crippen LogP contribution in [-0.2, 0) is 9.31 Å². The second kappa shape index (κ2) is 4.08. The van der Waals surface area contributed by atoms with Gasteiger partial charge in [-0.3, -0.25) is 4.98 Å². The number of hydrogen-bond donors (Lipinski definition) is 0. The first-order chi connectivity index (χ1) is 9.48. The average Bonchev–Trinajstić information content (AvgIpc) is 2.56. The molecule has 0 aliphatic carbocycles. The summed E-state index contributed by atoms with van der Waals surface area (Å²) < 4.78 is 33.9. The molecular weight excluding hydrogens is 227 g/mol. The van der Waals surface area contributed by atoms with Gasteiger partial charge in [0.05, 0.1) is 22.5 Å². The maximum atomic E-state index is 9.13. The molecule has 0 N–H and O–H groups in total. The summed E-state index contributed by atoms with van der Waals surface area (Å²) in [6.45, 7) is 5.26. The molecule has 0 aromatic carbocycles. The molecule has 1 saturated heterocycles. The van der Waals surface area contributed by atoms with Crippen LogP contribution < -0.4 is 5.46 Å². The standard InChI is InChI=1S/C13H17BN2O2/c1-9-10(7-15)6-11(8-16-9)14-17-12(2,3)13(4,5)18-14/h6,8H,1-5H3/i1D3. The number of nitriles is 1. The normalized spacial score (nSPS) is 23.9. The van der Waals surface area contributed by atoms with Crippen LogP contribution in [0.3, 0.4) is 0 Å². The molecule has 0 bridgehead atoms. The Morgan fingerprint density at radius 2 is 1.94 bits per heavy atom. The largest absolute Gasteiger partial charge is 0.496 e. The van der Waals surface area contributed by atoms with Crippen molar-refractivity contribution in [2.45, 2.75) is 45.7 Å². The first-order valence-corrected chi connectivity index (χ1v) is 5.74. The Labute approximate surface area is 112 Å². The summed E-state index contributed by atoms with van der Waals surface area (Å²) in [6.07, 6.45) is 1.39. The smallest absolute Gasteiger partial charge is 0.399 e. The van der Waals surface area contributed by atoms with E-state index in [1.54, 1.807) is 0 Å². The zero-order valence-corrected chi connectivity index (χ0v) is 10.9. The van der Waals surface area contributed by atoms with Crippen LogP contribution in [0, 0.1) is 18.2 Å². The highest BCUT2D eigenvalue weighted by atomic mass is 16.7. The van der Waals surface area contributed by atoms with Gasteiger partial charge in [0.2, 0.25) is 0 Å². The highest BCUT2D eigenvalue weighted by Crippen LogP contribution is 2.36. The molecule has 0 amide bonds. The molecule has 0 spiro atoms. The van der Waals surface area contributed by atoms with E-state index in [0.29, 0.717) is 5.46 Å². The fourth-order valence-electron chi connectivity index (χ4n) is 1.67. The Balaban J connectivity index is 2.39. The zero-order chi connectivity index (χ0) is 16.1. The number of aromatic nitrogens is 1. The van der Waals surface area contributed by atoms with Crippen molar-refractivity contribution in [3.63, 3.8) is 0 Å². The van der Waals surface area contributed by atoms with Crippen molar-refractivity contribution < 1.29 is 13.4 Å². The third-order valence-electron chi connectivity index (χ3n) is 3.55. The van der Waals surface area contributed by atoms with E-state index in [0.717, 1.165) is 0 Å². The van der Waals surface area contributed by atoms with Gasteiger partial charge in [-0.05, 0) is 40.6 Å². The van der Waals surface area contributed by atoms with Gasteiger partial charge in [-0.2, -0.15) is 5.26 Å². The fourth-order valence-corrected chi connectivity index (χ4v) is 1.67. The molecule has 5 heteroatoms. The topological polar surface area (TPSA) is 55.1 Å². The van der Waals surface area contributed by atoms with Crippen LogP contribution in [0.2, 0.25) is 0 Å². The Morgan fingerprint density at radius 3 is 2.44 bits per heavy atom. The van der Waals surface area contributed by atoms with E-state index in [1.165, 1.54) is 12.3 Å². The molecule has 4 nitrogen and oxygen atoms in total. The lowest BCUT2D eigenvalue weighted by atomic mass is 9.79. The molecule has 1 aliphatic heterocycles. The lowest BCUT2D eigenvalue weighted by Gasteiger charge is -2.32. The molecule has 0 saturated carbocycles. The van der Waals surface area contributed by atoms with Gasteiger partial charge >= 0.3 is 7.12 Å². The molecule has 0 atom stereocenters. The number of rotatable bonds is 1. The summed E-state index contributed by atoms with van der Waals surface area (Å²) in [5, 5.41) is 9.13. The maximum Gasteiger partial charge on any atom is 0.496 e. The van der Waals surface area contributed by atoms with Gasteiger partial charge in [0.25, 0.3) is 0 Å². The van der Waals surface area contributed by atoms with E-state index in [1.807, 2.05) is 33.8 Å². The molecule has 2 rings (SSSR count). The van der Waals surface area contributed by atoms with E-state index >= 15 is 0 Å². The minimum absolute atomic E-state index is 0.0159. The summed E-state index contributed by atoms with van der Waals surface area (Å²) in [7, 11) is -0.666. The van der Waals surface area contributed by atoms with E-state index in [2.05, 4.69) is 4.98 Å². The van der Waals surface area contributed by atoms with Crippen molar-refractivity contribution >= 4 is 12.6 Å². The molecule has 94 valence electrons. The van der Waals surface area contributed by atoms with Gasteiger partial charge in [0.1, 0.15) is 6.07 Å². The van der Waals surface area contributed by atoms with Crippen molar-refractivity contribution in [1.82, 2.24) is 4.98 Å². The number of pyridine rings is 1. The molecule has 1 aromatic heterocycles. The monoisotopic (exact) mass is 247 g/mol. The van der Waals surface area contributed by atoms with Gasteiger partial charge in [-0.15, -0.1) is 0 Å². The molecule has 2 heterocycles. The molecule has 18 heavy (non-hydrogen) atoms. The van der Waals surface area contributed by atoms with Crippen LogP contribution >= 0.6 is 0 Å². The highest BCUT2D eigenvalue weighted by molar-refractivity contribution is 6.62. The quantitative estimate of drug-likeness (QED) is 0.706. The first-order valence-electron chi connectivity index (χ1n) is 7.24. The summed E-state index contributed by atoms with van der Waals surface area (Å²) >= 11 is 0. The molecule has 1 aliphatic rings. The van der Waals surface area contributed by atoms with Gasteiger partial charge < -0.3 is 9.31 Å². The lowest BCUT2D eigenvalue weighted by Crippen LogP contribution is -2.41. The Kier molecular flexibility index (Phi) is 2.16. The highest BCUT2D eigenvalue weighted by Gasteiger charge is 2.51. The second-order valence-electron chi connectivity index (χ2n) is 5.36. The second-order valence-corrected chi connectivity index (χ2v) is 5.36. The van der Waals surface area contributed by atoms with E-state index < -0.39 is 25.2 Å². The predicted molar refractivity (Wildman–Crippen MR) is 69.4 cm³/mol. The number of nitrogens with zero attached hydrogens (tertiary/aromatic N) is 2. The minimum atomic E-state index is -2.42. The van der Waals surface area contributed by atoms with Crippen LogP contribution in [0.4, 0.5) is 0 Å². The third kappa shape index (κ3) is 2.02. The van der Waals surface area contributed by atoms with Gasteiger partial charge in [-0.1, -0.05) is 0 Å². The molecule has 1 fully saturated rings.